The Morgan fingerprint density at radius 2 is 1.83 bits per heavy atom. The lowest BCUT2D eigenvalue weighted by Gasteiger charge is -2.23. The Kier molecular flexibility index (Phi) is 4.37. The Morgan fingerprint density at radius 1 is 1.33 bits per heavy atom. The van der Waals surface area contributed by atoms with Crippen molar-refractivity contribution in [3.05, 3.63) is 0 Å². The van der Waals surface area contributed by atoms with Crippen molar-refractivity contribution in [1.29, 1.82) is 0 Å². The molecule has 0 aliphatic carbocycles. The summed E-state index contributed by atoms with van der Waals surface area (Å²) in [7, 11) is 1.78. The smallest absolute Gasteiger partial charge is 0.331 e. The number of hydrogen-bond donors (Lipinski definition) is 2. The number of phosphoric ester groups is 1. The van der Waals surface area contributed by atoms with Gasteiger partial charge in [0.1, 0.15) is 0 Å². The first-order valence-corrected chi connectivity index (χ1v) is 5.24. The van der Waals surface area contributed by atoms with Crippen molar-refractivity contribution in [2.24, 2.45) is 0 Å². The molecule has 12 heavy (non-hydrogen) atoms. The van der Waals surface area contributed by atoms with Crippen LogP contribution in [0.1, 0.15) is 6.42 Å². The van der Waals surface area contributed by atoms with Crippen LogP contribution in [0.15, 0.2) is 0 Å². The third-order valence-corrected chi connectivity index (χ3v) is 1.75. The van der Waals surface area contributed by atoms with Gasteiger partial charge in [-0.15, -0.1) is 0 Å². The van der Waals surface area contributed by atoms with Crippen LogP contribution in [-0.4, -0.2) is 48.6 Å². The van der Waals surface area contributed by atoms with Gasteiger partial charge in [0.2, 0.25) is 0 Å². The molecule has 0 aromatic rings. The Balaban J connectivity index is 3.41. The molecule has 0 spiro atoms. The molecule has 5 nitrogen and oxygen atoms in total. The van der Waals surface area contributed by atoms with E-state index in [0.29, 0.717) is 6.42 Å². The summed E-state index contributed by atoms with van der Waals surface area (Å²) in [4.78, 5) is 16.7. The zero-order valence-electron chi connectivity index (χ0n) is 7.73. The highest BCUT2D eigenvalue weighted by Crippen LogP contribution is 2.35. The first kappa shape index (κ1) is 12.1. The maximum Gasteiger partial charge on any atom is 0.469 e. The van der Waals surface area contributed by atoms with E-state index >= 15 is 0 Å². The molecule has 0 heterocycles. The molecule has 0 aromatic heterocycles. The zero-order valence-corrected chi connectivity index (χ0v) is 8.62. The highest BCUT2D eigenvalue weighted by atomic mass is 31.2. The molecule has 0 radical (unpaired) electrons. The normalized spacial score (nSPS) is 13.4. The number of quaternary nitrogens is 1. The molecule has 0 bridgehead atoms. The lowest BCUT2D eigenvalue weighted by molar-refractivity contribution is -0.870. The molecule has 0 unspecified atom stereocenters. The second-order valence-corrected chi connectivity index (χ2v) is 4.93. The summed E-state index contributed by atoms with van der Waals surface area (Å²) in [5.74, 6) is 0. The van der Waals surface area contributed by atoms with Crippen LogP contribution < -0.4 is 0 Å². The van der Waals surface area contributed by atoms with E-state index in [0.717, 1.165) is 11.0 Å². The summed E-state index contributed by atoms with van der Waals surface area (Å²) in [5.41, 5.74) is 0. The third-order valence-electron chi connectivity index (χ3n) is 1.23. The highest BCUT2D eigenvalue weighted by molar-refractivity contribution is 7.46. The molecule has 0 amide bonds. The summed E-state index contributed by atoms with van der Waals surface area (Å²) in [6, 6.07) is 0. The monoisotopic (exact) mass is 198 g/mol. The summed E-state index contributed by atoms with van der Waals surface area (Å²) in [6.45, 7) is 0.944. The predicted molar refractivity (Wildman–Crippen MR) is 45.5 cm³/mol. The van der Waals surface area contributed by atoms with Gasteiger partial charge in [0.15, 0.2) is 0 Å². The molecule has 74 valence electrons. The van der Waals surface area contributed by atoms with Crippen LogP contribution in [0.5, 0.6) is 0 Å². The minimum atomic E-state index is -4.25. The zero-order chi connectivity index (χ0) is 9.83. The van der Waals surface area contributed by atoms with E-state index in [1.807, 2.05) is 21.1 Å². The standard InChI is InChI=1S/C6H16NO4P/c1-7(2,3)5-4-6-11-12(8,9)10/h4-6H2,1-3H3,(H-,8,9,10)/p+1. The summed E-state index contributed by atoms with van der Waals surface area (Å²) in [5, 5.41) is 0. The molecular formula is C6H17NO4P+. The van der Waals surface area contributed by atoms with Gasteiger partial charge in [-0.25, -0.2) is 4.57 Å². The van der Waals surface area contributed by atoms with Crippen molar-refractivity contribution in [3.63, 3.8) is 0 Å². The lowest BCUT2D eigenvalue weighted by atomic mass is 10.4. The second kappa shape index (κ2) is 4.35. The maximum absolute atomic E-state index is 10.2. The summed E-state index contributed by atoms with van der Waals surface area (Å²) >= 11 is 0. The van der Waals surface area contributed by atoms with E-state index in [4.69, 9.17) is 9.79 Å². The van der Waals surface area contributed by atoms with Gasteiger partial charge in [-0.1, -0.05) is 0 Å². The van der Waals surface area contributed by atoms with Gasteiger partial charge in [-0.2, -0.15) is 0 Å². The molecule has 0 aliphatic heterocycles. The first-order valence-electron chi connectivity index (χ1n) is 3.71. The minimum absolute atomic E-state index is 0.111. The van der Waals surface area contributed by atoms with Gasteiger partial charge in [-0.3, -0.25) is 4.52 Å². The molecule has 0 rings (SSSR count). The lowest BCUT2D eigenvalue weighted by Crippen LogP contribution is -2.35. The predicted octanol–water partition coefficient (Wildman–Crippen LogP) is 0.192. The second-order valence-electron chi connectivity index (χ2n) is 3.69. The number of hydrogen-bond acceptors (Lipinski definition) is 2. The quantitative estimate of drug-likeness (QED) is 0.376. The average molecular weight is 198 g/mol. The van der Waals surface area contributed by atoms with E-state index in [2.05, 4.69) is 4.52 Å². The minimum Gasteiger partial charge on any atom is -0.331 e. The van der Waals surface area contributed by atoms with Gasteiger partial charge in [0, 0.05) is 6.42 Å². The van der Waals surface area contributed by atoms with Gasteiger partial charge in [0.25, 0.3) is 0 Å². The molecule has 0 aromatic carbocycles. The maximum atomic E-state index is 10.2. The van der Waals surface area contributed by atoms with Crippen LogP contribution in [0.3, 0.4) is 0 Å². The summed E-state index contributed by atoms with van der Waals surface area (Å²) in [6.07, 6.45) is 0.647. The van der Waals surface area contributed by atoms with Gasteiger partial charge in [0.05, 0.1) is 34.3 Å². The van der Waals surface area contributed by atoms with Crippen molar-refractivity contribution in [2.45, 2.75) is 6.42 Å². The van der Waals surface area contributed by atoms with Crippen LogP contribution in [-0.2, 0) is 9.09 Å². The van der Waals surface area contributed by atoms with Crippen LogP contribution in [0.25, 0.3) is 0 Å². The molecular weight excluding hydrogens is 181 g/mol. The van der Waals surface area contributed by atoms with Crippen LogP contribution >= 0.6 is 7.82 Å². The van der Waals surface area contributed by atoms with Crippen LogP contribution in [0, 0.1) is 0 Å². The molecule has 2 N–H and O–H groups in total. The van der Waals surface area contributed by atoms with Gasteiger partial charge >= 0.3 is 7.82 Å². The van der Waals surface area contributed by atoms with Crippen molar-refractivity contribution in [2.75, 3.05) is 34.3 Å². The Hall–Kier alpha value is 0.0700. The first-order chi connectivity index (χ1) is 5.21. The molecule has 0 atom stereocenters. The fourth-order valence-electron chi connectivity index (χ4n) is 0.722. The van der Waals surface area contributed by atoms with Crippen molar-refractivity contribution >= 4 is 7.82 Å². The molecule has 0 saturated carbocycles. The largest absolute Gasteiger partial charge is 0.469 e. The van der Waals surface area contributed by atoms with E-state index in [-0.39, 0.29) is 6.61 Å². The SMILES string of the molecule is C[N+](C)(C)CCCOP(=O)(O)O. The summed E-state index contributed by atoms with van der Waals surface area (Å²) < 4.78 is 15.3. The van der Waals surface area contributed by atoms with Crippen LogP contribution in [0.4, 0.5) is 0 Å². The highest BCUT2D eigenvalue weighted by Gasteiger charge is 2.14. The molecule has 6 heteroatoms. The van der Waals surface area contributed by atoms with Crippen molar-refractivity contribution in [1.82, 2.24) is 0 Å². The molecule has 0 fully saturated rings. The van der Waals surface area contributed by atoms with Crippen molar-refractivity contribution < 1.29 is 23.4 Å². The average Bonchev–Trinajstić information content (AvgIpc) is 1.76. The van der Waals surface area contributed by atoms with Gasteiger partial charge < -0.3 is 14.3 Å². The fourth-order valence-corrected chi connectivity index (χ4v) is 1.09. The molecule has 0 aliphatic rings. The molecule has 0 saturated heterocycles. The van der Waals surface area contributed by atoms with E-state index in [1.54, 1.807) is 0 Å². The third kappa shape index (κ3) is 10.1. The number of nitrogens with zero attached hydrogens (tertiary/aromatic N) is 1. The van der Waals surface area contributed by atoms with E-state index in [1.165, 1.54) is 0 Å². The Morgan fingerprint density at radius 3 is 2.17 bits per heavy atom. The van der Waals surface area contributed by atoms with E-state index in [9.17, 15) is 4.57 Å². The van der Waals surface area contributed by atoms with Crippen LogP contribution in [0.2, 0.25) is 0 Å². The van der Waals surface area contributed by atoms with Crippen molar-refractivity contribution in [3.8, 4) is 0 Å². The van der Waals surface area contributed by atoms with E-state index < -0.39 is 7.82 Å². The fraction of sp³-hybridized carbons (Fsp3) is 1.00. The number of rotatable bonds is 5. The Bertz CT molecular complexity index is 171. The topological polar surface area (TPSA) is 66.8 Å². The number of phosphoric acid groups is 1. The Labute approximate surface area is 72.8 Å². The van der Waals surface area contributed by atoms with Gasteiger partial charge in [-0.05, 0) is 0 Å².